The van der Waals surface area contributed by atoms with E-state index in [4.69, 9.17) is 0 Å². The van der Waals surface area contributed by atoms with Gasteiger partial charge < -0.3 is 0 Å². The lowest BCUT2D eigenvalue weighted by Crippen LogP contribution is -1.89. The molecule has 0 spiro atoms. The van der Waals surface area contributed by atoms with Crippen molar-refractivity contribution in [1.82, 2.24) is 0 Å². The number of hydrogen-bond acceptors (Lipinski definition) is 1. The van der Waals surface area contributed by atoms with Crippen molar-refractivity contribution in [2.24, 2.45) is 0 Å². The number of rotatable bonds is 2. The van der Waals surface area contributed by atoms with Crippen LogP contribution in [0.4, 0.5) is 4.39 Å². The number of benzene rings is 1. The SMILES string of the molecule is CCc1ccc2c(F)csc2c1CBr. The minimum absolute atomic E-state index is 0.102. The molecule has 0 fully saturated rings. The van der Waals surface area contributed by atoms with Crippen molar-refractivity contribution in [2.75, 3.05) is 0 Å². The summed E-state index contributed by atoms with van der Waals surface area (Å²) in [4.78, 5) is 0. The van der Waals surface area contributed by atoms with Crippen molar-refractivity contribution in [3.05, 3.63) is 34.5 Å². The molecule has 0 aliphatic rings. The predicted molar refractivity (Wildman–Crippen MR) is 63.8 cm³/mol. The van der Waals surface area contributed by atoms with E-state index in [0.29, 0.717) is 0 Å². The minimum atomic E-state index is -0.102. The molecule has 1 aromatic carbocycles. The molecule has 0 aliphatic heterocycles. The maximum absolute atomic E-state index is 13.3. The Kier molecular flexibility index (Phi) is 2.88. The third-order valence-electron chi connectivity index (χ3n) is 2.41. The zero-order valence-corrected chi connectivity index (χ0v) is 10.2. The smallest absolute Gasteiger partial charge is 0.141 e. The highest BCUT2D eigenvalue weighted by atomic mass is 79.9. The van der Waals surface area contributed by atoms with Gasteiger partial charge in [-0.1, -0.05) is 35.0 Å². The molecule has 0 amide bonds. The van der Waals surface area contributed by atoms with Gasteiger partial charge in [-0.15, -0.1) is 11.3 Å². The van der Waals surface area contributed by atoms with Gasteiger partial charge >= 0.3 is 0 Å². The Morgan fingerprint density at radius 3 is 2.86 bits per heavy atom. The van der Waals surface area contributed by atoms with Gasteiger partial charge in [-0.2, -0.15) is 0 Å². The highest BCUT2D eigenvalue weighted by Crippen LogP contribution is 2.31. The Morgan fingerprint density at radius 1 is 1.43 bits per heavy atom. The van der Waals surface area contributed by atoms with Crippen LogP contribution in [0, 0.1) is 5.82 Å². The fourth-order valence-corrected chi connectivity index (χ4v) is 3.46. The molecule has 0 atom stereocenters. The van der Waals surface area contributed by atoms with Crippen LogP contribution in [0.1, 0.15) is 18.1 Å². The quantitative estimate of drug-likeness (QED) is 0.707. The number of alkyl halides is 1. The first kappa shape index (κ1) is 10.1. The highest BCUT2D eigenvalue weighted by molar-refractivity contribution is 9.08. The predicted octanol–water partition coefficient (Wildman–Crippen LogP) is 4.50. The average Bonchev–Trinajstić information content (AvgIpc) is 2.59. The molecule has 0 radical (unpaired) electrons. The summed E-state index contributed by atoms with van der Waals surface area (Å²) in [7, 11) is 0. The summed E-state index contributed by atoms with van der Waals surface area (Å²) >= 11 is 4.95. The summed E-state index contributed by atoms with van der Waals surface area (Å²) in [6.45, 7) is 2.12. The van der Waals surface area contributed by atoms with E-state index < -0.39 is 0 Å². The van der Waals surface area contributed by atoms with Gasteiger partial charge in [0.1, 0.15) is 5.82 Å². The van der Waals surface area contributed by atoms with E-state index in [0.717, 1.165) is 21.8 Å². The van der Waals surface area contributed by atoms with Crippen LogP contribution in [0.25, 0.3) is 10.1 Å². The summed E-state index contributed by atoms with van der Waals surface area (Å²) in [6.07, 6.45) is 0.996. The van der Waals surface area contributed by atoms with Gasteiger partial charge in [0.2, 0.25) is 0 Å². The second kappa shape index (κ2) is 3.99. The molecular weight excluding hydrogens is 263 g/mol. The molecule has 2 rings (SSSR count). The molecule has 14 heavy (non-hydrogen) atoms. The lowest BCUT2D eigenvalue weighted by atomic mass is 10.0. The van der Waals surface area contributed by atoms with E-state index in [2.05, 4.69) is 22.9 Å². The van der Waals surface area contributed by atoms with E-state index in [-0.39, 0.29) is 5.82 Å². The lowest BCUT2D eigenvalue weighted by molar-refractivity contribution is 0.644. The molecule has 74 valence electrons. The Balaban J connectivity index is 2.77. The van der Waals surface area contributed by atoms with Crippen LogP contribution in [-0.2, 0) is 11.8 Å². The number of thiophene rings is 1. The standard InChI is InChI=1S/C11H10BrFS/c1-2-7-3-4-8-10(13)6-14-11(8)9(7)5-12/h3-4,6H,2,5H2,1H3. The first-order valence-corrected chi connectivity index (χ1v) is 6.51. The third-order valence-corrected chi connectivity index (χ3v) is 4.00. The van der Waals surface area contributed by atoms with E-state index in [9.17, 15) is 4.39 Å². The molecule has 0 saturated carbocycles. The summed E-state index contributed by atoms with van der Waals surface area (Å²) in [6, 6.07) is 3.90. The van der Waals surface area contributed by atoms with Crippen LogP contribution >= 0.6 is 27.3 Å². The van der Waals surface area contributed by atoms with E-state index in [1.54, 1.807) is 5.38 Å². The first-order valence-electron chi connectivity index (χ1n) is 4.51. The normalized spacial score (nSPS) is 11.1. The van der Waals surface area contributed by atoms with Crippen molar-refractivity contribution in [3.8, 4) is 0 Å². The van der Waals surface area contributed by atoms with E-state index in [1.165, 1.54) is 22.5 Å². The van der Waals surface area contributed by atoms with Crippen molar-refractivity contribution < 1.29 is 4.39 Å². The van der Waals surface area contributed by atoms with Crippen LogP contribution in [0.5, 0.6) is 0 Å². The molecule has 2 aromatic rings. The fraction of sp³-hybridized carbons (Fsp3) is 0.273. The van der Waals surface area contributed by atoms with Gasteiger partial charge in [0.15, 0.2) is 0 Å². The summed E-state index contributed by atoms with van der Waals surface area (Å²) in [5.74, 6) is -0.102. The minimum Gasteiger partial charge on any atom is -0.205 e. The maximum atomic E-state index is 13.3. The van der Waals surface area contributed by atoms with Gasteiger partial charge in [-0.25, -0.2) is 4.39 Å². The first-order chi connectivity index (χ1) is 6.77. The van der Waals surface area contributed by atoms with Gasteiger partial charge in [0, 0.05) is 20.8 Å². The number of fused-ring (bicyclic) bond motifs is 1. The Labute approximate surface area is 94.9 Å². The second-order valence-corrected chi connectivity index (χ2v) is 4.59. The summed E-state index contributed by atoms with van der Waals surface area (Å²) in [5, 5.41) is 3.13. The van der Waals surface area contributed by atoms with Crippen molar-refractivity contribution in [3.63, 3.8) is 0 Å². The Hall–Kier alpha value is -0.410. The van der Waals surface area contributed by atoms with Crippen molar-refractivity contribution in [2.45, 2.75) is 18.7 Å². The van der Waals surface area contributed by atoms with E-state index in [1.807, 2.05) is 12.1 Å². The molecule has 1 heterocycles. The zero-order valence-electron chi connectivity index (χ0n) is 7.81. The summed E-state index contributed by atoms with van der Waals surface area (Å²) < 4.78 is 14.4. The maximum Gasteiger partial charge on any atom is 0.141 e. The molecule has 0 bridgehead atoms. The topological polar surface area (TPSA) is 0 Å². The van der Waals surface area contributed by atoms with Crippen LogP contribution in [0.3, 0.4) is 0 Å². The molecule has 0 saturated heterocycles. The van der Waals surface area contributed by atoms with Crippen LogP contribution < -0.4 is 0 Å². The van der Waals surface area contributed by atoms with Crippen LogP contribution in [0.2, 0.25) is 0 Å². The number of aryl methyl sites for hydroxylation is 1. The molecular formula is C11H10BrFS. The molecule has 3 heteroatoms. The molecule has 0 nitrogen and oxygen atoms in total. The Bertz CT molecular complexity index is 462. The largest absolute Gasteiger partial charge is 0.205 e. The molecule has 0 aliphatic carbocycles. The van der Waals surface area contributed by atoms with Gasteiger partial charge in [0.25, 0.3) is 0 Å². The average molecular weight is 273 g/mol. The molecule has 0 unspecified atom stereocenters. The summed E-state index contributed by atoms with van der Waals surface area (Å²) in [5.41, 5.74) is 2.54. The number of halogens is 2. The molecule has 1 aromatic heterocycles. The Morgan fingerprint density at radius 2 is 2.21 bits per heavy atom. The number of hydrogen-bond donors (Lipinski definition) is 0. The van der Waals surface area contributed by atoms with Crippen LogP contribution in [-0.4, -0.2) is 0 Å². The van der Waals surface area contributed by atoms with Gasteiger partial charge in [-0.05, 0) is 17.5 Å². The second-order valence-electron chi connectivity index (χ2n) is 3.15. The van der Waals surface area contributed by atoms with Gasteiger partial charge in [0.05, 0.1) is 0 Å². The van der Waals surface area contributed by atoms with Crippen molar-refractivity contribution >= 4 is 37.4 Å². The van der Waals surface area contributed by atoms with E-state index >= 15 is 0 Å². The zero-order chi connectivity index (χ0) is 10.1. The van der Waals surface area contributed by atoms with Crippen molar-refractivity contribution in [1.29, 1.82) is 0 Å². The lowest BCUT2D eigenvalue weighted by Gasteiger charge is -2.05. The highest BCUT2D eigenvalue weighted by Gasteiger charge is 2.10. The van der Waals surface area contributed by atoms with Gasteiger partial charge in [-0.3, -0.25) is 0 Å². The molecule has 0 N–H and O–H groups in total. The third kappa shape index (κ3) is 1.48. The van der Waals surface area contributed by atoms with Crippen LogP contribution in [0.15, 0.2) is 17.5 Å². The monoisotopic (exact) mass is 272 g/mol. The fourth-order valence-electron chi connectivity index (χ4n) is 1.64.